The topological polar surface area (TPSA) is 149 Å². The average Bonchev–Trinajstić information content (AvgIpc) is 3.31. The number of carboxylic acid groups (broad SMARTS) is 1. The third kappa shape index (κ3) is 4.13. The Morgan fingerprint density at radius 2 is 2.03 bits per heavy atom. The van der Waals surface area contributed by atoms with Crippen LogP contribution in [0.1, 0.15) is 20.3 Å². The predicted molar refractivity (Wildman–Crippen MR) is 123 cm³/mol. The van der Waals surface area contributed by atoms with Crippen molar-refractivity contribution in [2.75, 3.05) is 31.1 Å². The summed E-state index contributed by atoms with van der Waals surface area (Å²) in [5.74, 6) is -0.411. The van der Waals surface area contributed by atoms with E-state index in [0.29, 0.717) is 17.9 Å². The molecule has 0 aromatic heterocycles. The molecule has 3 saturated heterocycles. The van der Waals surface area contributed by atoms with Gasteiger partial charge in [-0.1, -0.05) is 6.92 Å². The molecule has 0 bridgehead atoms. The van der Waals surface area contributed by atoms with Gasteiger partial charge in [0.1, 0.15) is 5.70 Å². The highest BCUT2D eigenvalue weighted by Gasteiger charge is 2.60. The maximum absolute atomic E-state index is 12.6. The van der Waals surface area contributed by atoms with Gasteiger partial charge in [0.25, 0.3) is 5.91 Å². The number of amides is 2. The van der Waals surface area contributed by atoms with Crippen LogP contribution in [-0.2, 0) is 14.4 Å². The number of fused-ring (bicyclic) bond motifs is 1. The Morgan fingerprint density at radius 1 is 1.34 bits per heavy atom. The zero-order chi connectivity index (χ0) is 23.2. The van der Waals surface area contributed by atoms with Crippen molar-refractivity contribution in [1.82, 2.24) is 15.1 Å². The van der Waals surface area contributed by atoms with Crippen molar-refractivity contribution in [2.24, 2.45) is 22.6 Å². The van der Waals surface area contributed by atoms with Gasteiger partial charge >= 0.3 is 5.97 Å². The standard InChI is InChI=1S/C20H29N5O5S2/c1-9-14-13(10(2)26)18(28)25(14)15(19(29)30)16(9)32-11-7-12(22-8-11)17(27)23-20(21)24-3-5-31-6-4-24/h9-14,22,26H,3-8H2,1-2H3,(H,29,30)(H2,21,23,27)/t9-,10-,11+,12+,13-,14-/m1/s1. The van der Waals surface area contributed by atoms with Crippen LogP contribution in [0, 0.1) is 11.8 Å². The SMILES string of the molecule is C[C@@H](O)[C@H]1C(=O)N2C(C(=O)O)=C(S[C@@H]3CN[C@H](C(=O)N=C(N)N4CCSCC4)C3)[C@H](C)[C@H]12. The molecule has 4 aliphatic heterocycles. The Morgan fingerprint density at radius 3 is 2.66 bits per heavy atom. The fourth-order valence-corrected chi connectivity index (χ4v) is 7.28. The van der Waals surface area contributed by atoms with Crippen LogP contribution in [0.25, 0.3) is 0 Å². The van der Waals surface area contributed by atoms with E-state index in [1.165, 1.54) is 16.7 Å². The van der Waals surface area contributed by atoms with Gasteiger partial charge in [-0.2, -0.15) is 16.8 Å². The molecule has 4 rings (SSSR count). The number of nitrogens with zero attached hydrogens (tertiary/aromatic N) is 3. The van der Waals surface area contributed by atoms with Gasteiger partial charge in [-0.05, 0) is 13.3 Å². The fraction of sp³-hybridized carbons (Fsp3) is 0.700. The van der Waals surface area contributed by atoms with E-state index in [2.05, 4.69) is 10.3 Å². The van der Waals surface area contributed by atoms with E-state index in [0.717, 1.165) is 24.6 Å². The summed E-state index contributed by atoms with van der Waals surface area (Å²) in [6.45, 7) is 5.53. The predicted octanol–water partition coefficient (Wildman–Crippen LogP) is -0.506. The van der Waals surface area contributed by atoms with E-state index in [-0.39, 0.29) is 40.7 Å². The molecule has 0 saturated carbocycles. The van der Waals surface area contributed by atoms with Crippen molar-refractivity contribution >= 4 is 47.3 Å². The van der Waals surface area contributed by atoms with Gasteiger partial charge in [0.2, 0.25) is 5.91 Å². The Hall–Kier alpha value is -1.76. The molecule has 0 aromatic rings. The third-order valence-electron chi connectivity index (χ3n) is 6.55. The Bertz CT molecular complexity index is 872. The third-order valence-corrected chi connectivity index (χ3v) is 9.01. The monoisotopic (exact) mass is 483 g/mol. The van der Waals surface area contributed by atoms with Crippen molar-refractivity contribution in [2.45, 2.75) is 43.7 Å². The minimum absolute atomic E-state index is 0.00871. The number of rotatable bonds is 5. The molecule has 12 heteroatoms. The summed E-state index contributed by atoms with van der Waals surface area (Å²) in [7, 11) is 0. The quantitative estimate of drug-likeness (QED) is 0.229. The van der Waals surface area contributed by atoms with Gasteiger partial charge in [-0.3, -0.25) is 9.59 Å². The van der Waals surface area contributed by atoms with Crippen molar-refractivity contribution in [3.05, 3.63) is 10.6 Å². The smallest absolute Gasteiger partial charge is 0.353 e. The van der Waals surface area contributed by atoms with Gasteiger partial charge in [-0.15, -0.1) is 11.8 Å². The molecule has 10 nitrogen and oxygen atoms in total. The number of guanidine groups is 1. The zero-order valence-electron chi connectivity index (χ0n) is 18.1. The van der Waals surface area contributed by atoms with Crippen LogP contribution in [0.4, 0.5) is 0 Å². The van der Waals surface area contributed by atoms with Crippen LogP contribution in [0.5, 0.6) is 0 Å². The average molecular weight is 484 g/mol. The first-order valence-corrected chi connectivity index (χ1v) is 12.8. The highest BCUT2D eigenvalue weighted by Crippen LogP contribution is 2.51. The van der Waals surface area contributed by atoms with Crippen LogP contribution in [0.2, 0.25) is 0 Å². The normalized spacial score (nSPS) is 33.9. The molecule has 0 aromatic carbocycles. The number of hydrogen-bond acceptors (Lipinski definition) is 7. The summed E-state index contributed by atoms with van der Waals surface area (Å²) in [5.41, 5.74) is 6.03. The first-order valence-electron chi connectivity index (χ1n) is 10.8. The molecule has 5 N–H and O–H groups in total. The lowest BCUT2D eigenvalue weighted by molar-refractivity contribution is -0.163. The molecule has 0 aliphatic carbocycles. The van der Waals surface area contributed by atoms with Crippen LogP contribution in [0.3, 0.4) is 0 Å². The number of nitrogens with two attached hydrogens (primary N) is 1. The number of hydrogen-bond donors (Lipinski definition) is 4. The van der Waals surface area contributed by atoms with E-state index in [4.69, 9.17) is 5.73 Å². The number of aliphatic hydroxyl groups is 1. The molecular formula is C20H29N5O5S2. The minimum Gasteiger partial charge on any atom is -0.477 e. The molecule has 0 radical (unpaired) electrons. The minimum atomic E-state index is -1.14. The lowest BCUT2D eigenvalue weighted by Crippen LogP contribution is -2.63. The summed E-state index contributed by atoms with van der Waals surface area (Å²) in [6.07, 6.45) is -0.333. The molecular weight excluding hydrogens is 454 g/mol. The number of carboxylic acids is 1. The molecule has 0 spiro atoms. The summed E-state index contributed by atoms with van der Waals surface area (Å²) in [5, 5.41) is 22.9. The van der Waals surface area contributed by atoms with Gasteiger partial charge in [0.15, 0.2) is 5.96 Å². The molecule has 2 amide bonds. The van der Waals surface area contributed by atoms with Gasteiger partial charge < -0.3 is 31.1 Å². The lowest BCUT2D eigenvalue weighted by Gasteiger charge is -2.46. The van der Waals surface area contributed by atoms with Crippen molar-refractivity contribution in [3.8, 4) is 0 Å². The Balaban J connectivity index is 1.42. The summed E-state index contributed by atoms with van der Waals surface area (Å²) in [4.78, 5) is 45.0. The molecule has 3 fully saturated rings. The van der Waals surface area contributed by atoms with E-state index in [9.17, 15) is 24.6 Å². The Labute approximate surface area is 195 Å². The molecule has 0 unspecified atom stereocenters. The number of carbonyl (C=O) groups excluding carboxylic acids is 2. The molecule has 4 aliphatic rings. The van der Waals surface area contributed by atoms with Gasteiger partial charge in [-0.25, -0.2) is 4.79 Å². The van der Waals surface area contributed by atoms with Gasteiger partial charge in [0.05, 0.1) is 24.1 Å². The van der Waals surface area contributed by atoms with Crippen LogP contribution in [0.15, 0.2) is 15.6 Å². The Kier molecular flexibility index (Phi) is 6.76. The molecule has 176 valence electrons. The number of aliphatic carboxylic acids is 1. The maximum Gasteiger partial charge on any atom is 0.353 e. The van der Waals surface area contributed by atoms with E-state index >= 15 is 0 Å². The molecule has 4 heterocycles. The summed E-state index contributed by atoms with van der Waals surface area (Å²) < 4.78 is 0. The number of aliphatic hydroxyl groups excluding tert-OH is 1. The number of aliphatic imine (C=N–C) groups is 1. The lowest BCUT2D eigenvalue weighted by atomic mass is 9.79. The first-order chi connectivity index (χ1) is 15.2. The van der Waals surface area contributed by atoms with E-state index < -0.39 is 24.0 Å². The highest BCUT2D eigenvalue weighted by atomic mass is 32.2. The van der Waals surface area contributed by atoms with Crippen molar-refractivity contribution < 1.29 is 24.6 Å². The zero-order valence-corrected chi connectivity index (χ0v) is 19.7. The van der Waals surface area contributed by atoms with Crippen LogP contribution in [-0.4, -0.2) is 98.3 Å². The second-order valence-corrected chi connectivity index (χ2v) is 11.2. The fourth-order valence-electron chi connectivity index (χ4n) is 4.89. The second-order valence-electron chi connectivity index (χ2n) is 8.62. The highest BCUT2D eigenvalue weighted by molar-refractivity contribution is 8.03. The first kappa shape index (κ1) is 23.4. The molecule has 32 heavy (non-hydrogen) atoms. The van der Waals surface area contributed by atoms with Crippen LogP contribution >= 0.6 is 23.5 Å². The molecule has 6 atom stereocenters. The van der Waals surface area contributed by atoms with E-state index in [1.54, 1.807) is 6.92 Å². The van der Waals surface area contributed by atoms with Crippen LogP contribution < -0.4 is 11.1 Å². The summed E-state index contributed by atoms with van der Waals surface area (Å²) in [6, 6.07) is -0.810. The summed E-state index contributed by atoms with van der Waals surface area (Å²) >= 11 is 3.25. The number of nitrogens with one attached hydrogen (secondary N) is 1. The van der Waals surface area contributed by atoms with Crippen molar-refractivity contribution in [3.63, 3.8) is 0 Å². The number of thioether (sulfide) groups is 2. The number of carbonyl (C=O) groups is 3. The second kappa shape index (κ2) is 9.24. The maximum atomic E-state index is 12.6. The number of β-lactam (4-membered cyclic amide) rings is 1. The van der Waals surface area contributed by atoms with E-state index in [1.807, 2.05) is 23.6 Å². The largest absolute Gasteiger partial charge is 0.477 e. The van der Waals surface area contributed by atoms with Gasteiger partial charge in [0, 0.05) is 47.2 Å². The van der Waals surface area contributed by atoms with Crippen molar-refractivity contribution in [1.29, 1.82) is 0 Å².